The van der Waals surface area contributed by atoms with Crippen LogP contribution in [0.1, 0.15) is 32.0 Å². The van der Waals surface area contributed by atoms with E-state index in [9.17, 15) is 22.4 Å². The number of benzene rings is 2. The fourth-order valence-corrected chi connectivity index (χ4v) is 4.65. The lowest BCUT2D eigenvalue weighted by Crippen LogP contribution is -2.26. The second kappa shape index (κ2) is 8.11. The Bertz CT molecular complexity index is 1460. The molecule has 1 N–H and O–H groups in total. The van der Waals surface area contributed by atoms with Gasteiger partial charge in [0.2, 0.25) is 5.52 Å². The Kier molecular flexibility index (Phi) is 5.57. The van der Waals surface area contributed by atoms with Crippen molar-refractivity contribution in [3.8, 4) is 5.69 Å². The number of alkyl halides is 1. The van der Waals surface area contributed by atoms with Gasteiger partial charge in [0.05, 0.1) is 21.7 Å². The maximum Gasteiger partial charge on any atom is 0.263 e. The number of rotatable bonds is 5. The van der Waals surface area contributed by atoms with E-state index in [1.54, 1.807) is 30.3 Å². The molecule has 0 atom stereocenters. The van der Waals surface area contributed by atoms with Crippen molar-refractivity contribution >= 4 is 26.7 Å². The standard InChI is InChI=1S/C23H22F2N4O3S/c1-23(2,3)18-10-9-16(13-19(18)25)33(31,32)27-22-12-15(14-24)26-29(22)21-8-4-7-20-17(21)6-5-11-28(20)30/h4-13,27H,14H2,1-3H3. The number of anilines is 1. The highest BCUT2D eigenvalue weighted by Gasteiger charge is 2.24. The molecule has 0 aliphatic rings. The molecular formula is C23H22F2N4O3S. The molecule has 0 saturated heterocycles. The quantitative estimate of drug-likeness (QED) is 0.345. The normalized spacial score (nSPS) is 12.3. The van der Waals surface area contributed by atoms with Gasteiger partial charge >= 0.3 is 0 Å². The van der Waals surface area contributed by atoms with Crippen molar-refractivity contribution in [3.63, 3.8) is 0 Å². The Morgan fingerprint density at radius 2 is 1.88 bits per heavy atom. The van der Waals surface area contributed by atoms with Crippen LogP contribution in [-0.2, 0) is 22.1 Å². The van der Waals surface area contributed by atoms with E-state index in [0.29, 0.717) is 26.9 Å². The average molecular weight is 473 g/mol. The molecule has 0 spiro atoms. The molecule has 4 rings (SSSR count). The molecule has 0 amide bonds. The number of pyridine rings is 1. The SMILES string of the molecule is CC(C)(C)c1ccc(S(=O)(=O)Nc2cc(CF)nn2-c2cccc3c2ccc[n+]3[O-])cc1F. The van der Waals surface area contributed by atoms with Crippen LogP contribution in [0.15, 0.2) is 65.7 Å². The summed E-state index contributed by atoms with van der Waals surface area (Å²) in [4.78, 5) is -0.280. The van der Waals surface area contributed by atoms with Crippen LogP contribution in [0.2, 0.25) is 0 Å². The van der Waals surface area contributed by atoms with Crippen LogP contribution < -0.4 is 9.45 Å². The van der Waals surface area contributed by atoms with E-state index in [4.69, 9.17) is 0 Å². The number of hydrogen-bond donors (Lipinski definition) is 1. The van der Waals surface area contributed by atoms with Gasteiger partial charge in [0.15, 0.2) is 6.20 Å². The highest BCUT2D eigenvalue weighted by atomic mass is 32.2. The lowest BCUT2D eigenvalue weighted by Gasteiger charge is -2.20. The molecule has 10 heteroatoms. The summed E-state index contributed by atoms with van der Waals surface area (Å²) in [5.41, 5.74) is 0.587. The zero-order chi connectivity index (χ0) is 24.0. The van der Waals surface area contributed by atoms with Crippen molar-refractivity contribution in [1.82, 2.24) is 9.78 Å². The Morgan fingerprint density at radius 1 is 1.12 bits per heavy atom. The molecule has 0 bridgehead atoms. The maximum atomic E-state index is 14.6. The molecule has 0 radical (unpaired) electrons. The van der Waals surface area contributed by atoms with Crippen molar-refractivity contribution < 1.29 is 21.9 Å². The summed E-state index contributed by atoms with van der Waals surface area (Å²) >= 11 is 0. The van der Waals surface area contributed by atoms with Crippen LogP contribution in [0.5, 0.6) is 0 Å². The highest BCUT2D eigenvalue weighted by molar-refractivity contribution is 7.92. The summed E-state index contributed by atoms with van der Waals surface area (Å²) in [6, 6.07) is 13.0. The van der Waals surface area contributed by atoms with Crippen LogP contribution in [0, 0.1) is 11.0 Å². The topological polar surface area (TPSA) is 90.9 Å². The molecule has 172 valence electrons. The van der Waals surface area contributed by atoms with Crippen molar-refractivity contribution in [2.75, 3.05) is 4.72 Å². The molecule has 33 heavy (non-hydrogen) atoms. The fourth-order valence-electron chi connectivity index (χ4n) is 3.61. The largest absolute Gasteiger partial charge is 0.618 e. The summed E-state index contributed by atoms with van der Waals surface area (Å²) in [6.07, 6.45) is 1.33. The van der Waals surface area contributed by atoms with E-state index in [-0.39, 0.29) is 16.4 Å². The van der Waals surface area contributed by atoms with Gasteiger partial charge in [-0.1, -0.05) is 32.9 Å². The van der Waals surface area contributed by atoms with Gasteiger partial charge in [-0.2, -0.15) is 9.83 Å². The lowest BCUT2D eigenvalue weighted by atomic mass is 9.87. The van der Waals surface area contributed by atoms with Crippen LogP contribution in [-0.4, -0.2) is 18.2 Å². The van der Waals surface area contributed by atoms with Crippen LogP contribution in [0.25, 0.3) is 16.6 Å². The first-order valence-electron chi connectivity index (χ1n) is 10.1. The third kappa shape index (κ3) is 4.25. The maximum absolute atomic E-state index is 14.6. The minimum Gasteiger partial charge on any atom is -0.618 e. The van der Waals surface area contributed by atoms with Gasteiger partial charge in [-0.15, -0.1) is 0 Å². The van der Waals surface area contributed by atoms with E-state index in [2.05, 4.69) is 9.82 Å². The molecule has 0 aliphatic heterocycles. The zero-order valence-corrected chi connectivity index (χ0v) is 19.0. The van der Waals surface area contributed by atoms with Crippen molar-refractivity contribution in [1.29, 1.82) is 0 Å². The summed E-state index contributed by atoms with van der Waals surface area (Å²) in [7, 11) is -4.23. The Balaban J connectivity index is 1.80. The van der Waals surface area contributed by atoms with E-state index in [0.717, 1.165) is 6.07 Å². The van der Waals surface area contributed by atoms with Crippen LogP contribution in [0.3, 0.4) is 0 Å². The molecule has 0 aliphatic carbocycles. The predicted molar refractivity (Wildman–Crippen MR) is 121 cm³/mol. The van der Waals surface area contributed by atoms with Gasteiger partial charge in [0.25, 0.3) is 10.0 Å². The van der Waals surface area contributed by atoms with Crippen LogP contribution >= 0.6 is 0 Å². The first-order chi connectivity index (χ1) is 15.5. The smallest absolute Gasteiger partial charge is 0.263 e. The van der Waals surface area contributed by atoms with Gasteiger partial charge in [0, 0.05) is 18.2 Å². The van der Waals surface area contributed by atoms with Crippen molar-refractivity contribution in [2.24, 2.45) is 0 Å². The number of aromatic nitrogens is 3. The predicted octanol–water partition coefficient (Wildman–Crippen LogP) is 4.37. The Hall–Kier alpha value is -3.53. The van der Waals surface area contributed by atoms with E-state index in [1.807, 2.05) is 20.8 Å². The van der Waals surface area contributed by atoms with E-state index >= 15 is 0 Å². The molecular weight excluding hydrogens is 450 g/mol. The minimum absolute atomic E-state index is 0.00936. The third-order valence-electron chi connectivity index (χ3n) is 5.20. The van der Waals surface area contributed by atoms with Gasteiger partial charge in [-0.3, -0.25) is 4.72 Å². The van der Waals surface area contributed by atoms with Gasteiger partial charge in [-0.05, 0) is 35.2 Å². The minimum atomic E-state index is -4.23. The molecule has 0 fully saturated rings. The summed E-state index contributed by atoms with van der Waals surface area (Å²) in [5.74, 6) is -0.686. The first kappa shape index (κ1) is 22.7. The van der Waals surface area contributed by atoms with E-state index in [1.165, 1.54) is 29.1 Å². The Labute approximate surface area is 189 Å². The summed E-state index contributed by atoms with van der Waals surface area (Å²) in [6.45, 7) is 4.54. The molecule has 2 aromatic heterocycles. The molecule has 2 heterocycles. The number of fused-ring (bicyclic) bond motifs is 1. The third-order valence-corrected chi connectivity index (χ3v) is 6.56. The number of halogens is 2. The van der Waals surface area contributed by atoms with Crippen molar-refractivity contribution in [2.45, 2.75) is 37.8 Å². The highest BCUT2D eigenvalue weighted by Crippen LogP contribution is 2.29. The second-order valence-electron chi connectivity index (χ2n) is 8.61. The second-order valence-corrected chi connectivity index (χ2v) is 10.3. The number of sulfonamides is 1. The fraction of sp³-hybridized carbons (Fsp3) is 0.217. The lowest BCUT2D eigenvalue weighted by molar-refractivity contribution is -0.577. The monoisotopic (exact) mass is 472 g/mol. The van der Waals surface area contributed by atoms with Gasteiger partial charge in [-0.25, -0.2) is 21.9 Å². The van der Waals surface area contributed by atoms with Gasteiger partial charge < -0.3 is 5.21 Å². The Morgan fingerprint density at radius 3 is 2.55 bits per heavy atom. The zero-order valence-electron chi connectivity index (χ0n) is 18.2. The first-order valence-corrected chi connectivity index (χ1v) is 11.6. The summed E-state index contributed by atoms with van der Waals surface area (Å²) in [5, 5.41) is 16.8. The van der Waals surface area contributed by atoms with Crippen LogP contribution in [0.4, 0.5) is 14.6 Å². The number of nitrogens with zero attached hydrogens (tertiary/aromatic N) is 3. The molecule has 2 aromatic carbocycles. The van der Waals surface area contributed by atoms with Crippen molar-refractivity contribution in [3.05, 3.63) is 83.1 Å². The van der Waals surface area contributed by atoms with Gasteiger partial charge in [0.1, 0.15) is 18.3 Å². The number of hydrogen-bond acceptors (Lipinski definition) is 4. The number of nitrogens with one attached hydrogen (secondary N) is 1. The molecule has 7 nitrogen and oxygen atoms in total. The molecule has 0 saturated carbocycles. The molecule has 0 unspecified atom stereocenters. The summed E-state index contributed by atoms with van der Waals surface area (Å²) < 4.78 is 58.4. The van der Waals surface area contributed by atoms with E-state index < -0.39 is 27.9 Å². The molecule has 4 aromatic rings. The average Bonchev–Trinajstić information content (AvgIpc) is 3.14.